The van der Waals surface area contributed by atoms with Crippen molar-refractivity contribution in [3.63, 3.8) is 0 Å². The molecular formula is C4H4Cl2N2. The lowest BCUT2D eigenvalue weighted by Crippen LogP contribution is -2.19. The summed E-state index contributed by atoms with van der Waals surface area (Å²) in [6.07, 6.45) is 4.72. The molecule has 0 fully saturated rings. The van der Waals surface area contributed by atoms with Crippen LogP contribution in [0, 0.1) is 0 Å². The van der Waals surface area contributed by atoms with Gasteiger partial charge < -0.3 is 0 Å². The fourth-order valence-electron chi connectivity index (χ4n) is 0.369. The van der Waals surface area contributed by atoms with Crippen molar-refractivity contribution in [1.82, 2.24) is 4.42 Å². The first kappa shape index (κ1) is 5.92. The van der Waals surface area contributed by atoms with E-state index in [0.29, 0.717) is 0 Å². The lowest BCUT2D eigenvalue weighted by atomic mass is 10.6. The van der Waals surface area contributed by atoms with Crippen LogP contribution in [0.3, 0.4) is 0 Å². The first-order chi connectivity index (χ1) is 3.80. The predicted molar refractivity (Wildman–Crippen MR) is 35.0 cm³/mol. The molecule has 1 atom stereocenters. The molecule has 0 N–H and O–H groups in total. The molecule has 2 nitrogen and oxygen atoms in total. The minimum Gasteiger partial charge on any atom is -0.268 e. The quantitative estimate of drug-likeness (QED) is 0.291. The van der Waals surface area contributed by atoms with E-state index >= 15 is 0 Å². The maximum absolute atomic E-state index is 5.56. The van der Waals surface area contributed by atoms with Gasteiger partial charge in [0.05, 0.1) is 0 Å². The summed E-state index contributed by atoms with van der Waals surface area (Å²) in [7, 11) is 0. The van der Waals surface area contributed by atoms with Crippen LogP contribution in [0.5, 0.6) is 0 Å². The molecule has 1 heterocycles. The van der Waals surface area contributed by atoms with Gasteiger partial charge in [-0.15, -0.1) is 0 Å². The summed E-state index contributed by atoms with van der Waals surface area (Å²) in [4.78, 5) is 3.74. The monoisotopic (exact) mass is 150 g/mol. The van der Waals surface area contributed by atoms with Gasteiger partial charge in [-0.1, -0.05) is 11.6 Å². The average molecular weight is 151 g/mol. The zero-order chi connectivity index (χ0) is 5.98. The lowest BCUT2D eigenvalue weighted by Gasteiger charge is -2.14. The normalized spacial score (nSPS) is 26.8. The third-order valence-electron chi connectivity index (χ3n) is 0.740. The van der Waals surface area contributed by atoms with Crippen molar-refractivity contribution in [2.75, 3.05) is 0 Å². The number of hydrogen-bond acceptors (Lipinski definition) is 2. The summed E-state index contributed by atoms with van der Waals surface area (Å²) in [5.74, 6) is 0. The maximum Gasteiger partial charge on any atom is 0.154 e. The van der Waals surface area contributed by atoms with Crippen molar-refractivity contribution in [2.45, 2.75) is 5.50 Å². The minimum absolute atomic E-state index is 0.304. The van der Waals surface area contributed by atoms with Crippen molar-refractivity contribution >= 4 is 29.6 Å². The second-order valence-electron chi connectivity index (χ2n) is 1.31. The average Bonchev–Trinajstić information content (AvgIpc) is 1.77. The Kier molecular flexibility index (Phi) is 1.76. The molecule has 0 saturated heterocycles. The van der Waals surface area contributed by atoms with E-state index in [1.54, 1.807) is 18.6 Å². The van der Waals surface area contributed by atoms with Crippen molar-refractivity contribution in [3.8, 4) is 0 Å². The van der Waals surface area contributed by atoms with Crippen molar-refractivity contribution in [2.24, 2.45) is 4.99 Å². The van der Waals surface area contributed by atoms with Gasteiger partial charge >= 0.3 is 0 Å². The molecule has 0 amide bonds. The molecule has 0 saturated carbocycles. The van der Waals surface area contributed by atoms with E-state index in [-0.39, 0.29) is 5.50 Å². The molecule has 0 aromatic carbocycles. The third kappa shape index (κ3) is 1.14. The molecule has 1 aliphatic heterocycles. The third-order valence-corrected chi connectivity index (χ3v) is 1.49. The summed E-state index contributed by atoms with van der Waals surface area (Å²) in [5, 5.41) is 0. The molecule has 0 aromatic rings. The van der Waals surface area contributed by atoms with Crippen LogP contribution >= 0.6 is 23.4 Å². The lowest BCUT2D eigenvalue weighted by molar-refractivity contribution is 0.647. The van der Waals surface area contributed by atoms with E-state index in [9.17, 15) is 0 Å². The van der Waals surface area contributed by atoms with Gasteiger partial charge in [-0.05, 0) is 0 Å². The molecule has 0 aromatic heterocycles. The summed E-state index contributed by atoms with van der Waals surface area (Å²) in [6.45, 7) is 0. The summed E-state index contributed by atoms with van der Waals surface area (Å²) in [5.41, 5.74) is -0.304. The second kappa shape index (κ2) is 2.37. The number of nitrogens with zero attached hydrogens (tertiary/aromatic N) is 2. The van der Waals surface area contributed by atoms with Gasteiger partial charge in [0, 0.05) is 30.4 Å². The Morgan fingerprint density at radius 3 is 2.75 bits per heavy atom. The SMILES string of the molecule is ClC1C=NC=CN1Cl. The van der Waals surface area contributed by atoms with Crippen LogP contribution in [0.25, 0.3) is 0 Å². The molecule has 0 spiro atoms. The Bertz CT molecular complexity index is 116. The van der Waals surface area contributed by atoms with Gasteiger partial charge in [-0.25, -0.2) is 0 Å². The van der Waals surface area contributed by atoms with E-state index in [1.807, 2.05) is 0 Å². The maximum atomic E-state index is 5.56. The van der Waals surface area contributed by atoms with Gasteiger partial charge in [0.25, 0.3) is 0 Å². The molecule has 1 unspecified atom stereocenters. The topological polar surface area (TPSA) is 15.6 Å². The van der Waals surface area contributed by atoms with Gasteiger partial charge in [0.15, 0.2) is 5.50 Å². The molecule has 0 radical (unpaired) electrons. The first-order valence-corrected chi connectivity index (χ1v) is 2.86. The highest BCUT2D eigenvalue weighted by Crippen LogP contribution is 2.09. The van der Waals surface area contributed by atoms with Crippen molar-refractivity contribution in [1.29, 1.82) is 0 Å². The Balaban J connectivity index is 2.59. The number of aliphatic imine (C=N–C) groups is 1. The highest BCUT2D eigenvalue weighted by molar-refractivity contribution is 6.31. The van der Waals surface area contributed by atoms with Crippen LogP contribution in [-0.4, -0.2) is 16.1 Å². The van der Waals surface area contributed by atoms with Crippen molar-refractivity contribution in [3.05, 3.63) is 12.4 Å². The molecule has 44 valence electrons. The molecule has 1 aliphatic rings. The van der Waals surface area contributed by atoms with E-state index in [0.717, 1.165) is 0 Å². The van der Waals surface area contributed by atoms with Gasteiger partial charge in [-0.2, -0.15) is 0 Å². The Labute approximate surface area is 57.5 Å². The standard InChI is InChI=1S/C4H4Cl2N2/c5-4-3-7-1-2-8(4)6/h1-4H. The largest absolute Gasteiger partial charge is 0.268 e. The molecule has 8 heavy (non-hydrogen) atoms. The fraction of sp³-hybridized carbons (Fsp3) is 0.250. The summed E-state index contributed by atoms with van der Waals surface area (Å²) >= 11 is 11.1. The Morgan fingerprint density at radius 2 is 2.38 bits per heavy atom. The van der Waals surface area contributed by atoms with Crippen LogP contribution < -0.4 is 0 Å². The predicted octanol–water partition coefficient (Wildman–Crippen LogP) is 1.56. The Hall–Kier alpha value is -0.210. The molecule has 0 bridgehead atoms. The zero-order valence-corrected chi connectivity index (χ0v) is 5.47. The Morgan fingerprint density at radius 1 is 1.62 bits per heavy atom. The van der Waals surface area contributed by atoms with Gasteiger partial charge in [-0.3, -0.25) is 9.41 Å². The molecule has 1 rings (SSSR count). The fourth-order valence-corrected chi connectivity index (χ4v) is 0.600. The summed E-state index contributed by atoms with van der Waals surface area (Å²) in [6, 6.07) is 0. The number of rotatable bonds is 0. The number of halogens is 2. The second-order valence-corrected chi connectivity index (χ2v) is 2.15. The molecular weight excluding hydrogens is 147 g/mol. The summed E-state index contributed by atoms with van der Waals surface area (Å²) < 4.78 is 1.34. The number of alkyl halides is 1. The highest BCUT2D eigenvalue weighted by Gasteiger charge is 2.07. The molecule has 4 heteroatoms. The minimum atomic E-state index is -0.304. The van der Waals surface area contributed by atoms with E-state index in [2.05, 4.69) is 4.99 Å². The van der Waals surface area contributed by atoms with E-state index < -0.39 is 0 Å². The van der Waals surface area contributed by atoms with Gasteiger partial charge in [0.1, 0.15) is 0 Å². The van der Waals surface area contributed by atoms with E-state index in [4.69, 9.17) is 23.4 Å². The molecule has 0 aliphatic carbocycles. The van der Waals surface area contributed by atoms with Crippen LogP contribution in [-0.2, 0) is 0 Å². The van der Waals surface area contributed by atoms with E-state index in [1.165, 1.54) is 4.42 Å². The van der Waals surface area contributed by atoms with Crippen LogP contribution in [0.2, 0.25) is 0 Å². The number of hydrogen-bond donors (Lipinski definition) is 0. The van der Waals surface area contributed by atoms with Crippen molar-refractivity contribution < 1.29 is 0 Å². The van der Waals surface area contributed by atoms with Crippen LogP contribution in [0.4, 0.5) is 0 Å². The highest BCUT2D eigenvalue weighted by atomic mass is 35.5. The first-order valence-electron chi connectivity index (χ1n) is 2.09. The van der Waals surface area contributed by atoms with Gasteiger partial charge in [0.2, 0.25) is 0 Å². The smallest absolute Gasteiger partial charge is 0.154 e. The zero-order valence-electron chi connectivity index (χ0n) is 3.96. The van der Waals surface area contributed by atoms with Crippen LogP contribution in [0.15, 0.2) is 17.4 Å². The van der Waals surface area contributed by atoms with Crippen LogP contribution in [0.1, 0.15) is 0 Å².